The molecule has 1 aliphatic carbocycles. The van der Waals surface area contributed by atoms with E-state index in [1.165, 1.54) is 17.6 Å². The van der Waals surface area contributed by atoms with Crippen LogP contribution in [0.1, 0.15) is 46.1 Å². The number of esters is 1. The largest absolute Gasteiger partial charge is 0.497 e. The van der Waals surface area contributed by atoms with Crippen LogP contribution in [0.5, 0.6) is 5.75 Å². The van der Waals surface area contributed by atoms with Crippen molar-refractivity contribution in [2.45, 2.75) is 32.6 Å². The van der Waals surface area contributed by atoms with Crippen molar-refractivity contribution >= 4 is 40.3 Å². The van der Waals surface area contributed by atoms with Crippen molar-refractivity contribution in [2.24, 2.45) is 5.10 Å². The number of nitrogens with one attached hydrogen (secondary N) is 2. The smallest absolute Gasteiger partial charge is 0.341 e. The molecule has 0 bridgehead atoms. The lowest BCUT2D eigenvalue weighted by molar-refractivity contribution is -0.136. The zero-order valence-corrected chi connectivity index (χ0v) is 17.6. The van der Waals surface area contributed by atoms with Gasteiger partial charge in [0.25, 0.3) is 0 Å². The molecule has 1 aliphatic rings. The van der Waals surface area contributed by atoms with Crippen LogP contribution in [0.3, 0.4) is 0 Å². The molecule has 0 unspecified atom stereocenters. The van der Waals surface area contributed by atoms with E-state index in [4.69, 9.17) is 9.47 Å². The maximum absolute atomic E-state index is 12.4. The number of hydrazone groups is 1. The van der Waals surface area contributed by atoms with Crippen LogP contribution in [0.25, 0.3) is 0 Å². The number of aryl methyl sites for hydroxylation is 1. The summed E-state index contributed by atoms with van der Waals surface area (Å²) >= 11 is 1.32. The van der Waals surface area contributed by atoms with Crippen LogP contribution in [0.15, 0.2) is 29.4 Å². The summed E-state index contributed by atoms with van der Waals surface area (Å²) in [6.07, 6.45) is 5.01. The number of carbonyl (C=O) groups excluding carboxylic acids is 3. The van der Waals surface area contributed by atoms with Gasteiger partial charge in [0.05, 0.1) is 25.5 Å². The van der Waals surface area contributed by atoms with Gasteiger partial charge in [0.2, 0.25) is 0 Å². The van der Waals surface area contributed by atoms with Gasteiger partial charge in [0, 0.05) is 4.88 Å². The highest BCUT2D eigenvalue weighted by Gasteiger charge is 2.28. The number of carbonyl (C=O) groups is 3. The van der Waals surface area contributed by atoms with E-state index in [2.05, 4.69) is 15.8 Å². The molecule has 2 N–H and O–H groups in total. The molecule has 8 nitrogen and oxygen atoms in total. The zero-order valence-electron chi connectivity index (χ0n) is 16.8. The summed E-state index contributed by atoms with van der Waals surface area (Å²) in [4.78, 5) is 38.0. The maximum atomic E-state index is 12.4. The van der Waals surface area contributed by atoms with E-state index in [-0.39, 0.29) is 6.61 Å². The Morgan fingerprint density at radius 2 is 2.00 bits per heavy atom. The van der Waals surface area contributed by atoms with Gasteiger partial charge in [-0.05, 0) is 55.9 Å². The molecule has 0 radical (unpaired) electrons. The first kappa shape index (κ1) is 21.5. The van der Waals surface area contributed by atoms with Crippen LogP contribution in [-0.2, 0) is 27.2 Å². The number of methoxy groups -OCH3 is 1. The summed E-state index contributed by atoms with van der Waals surface area (Å²) in [5, 5.41) is 6.69. The highest BCUT2D eigenvalue weighted by atomic mass is 32.1. The number of benzene rings is 1. The standard InChI is InChI=1S/C21H23N3O5S/c1-3-29-21(27)17-15-9-4-5-10-16(15)30-20(17)23-18(25)19(26)24-22-12-13-7-6-8-14(11-13)28-2/h6-8,11-12H,3-5,9-10H2,1-2H3,(H,23,25)(H,24,26)/b22-12+. The molecular formula is C21H23N3O5S. The average Bonchev–Trinajstić information content (AvgIpc) is 3.11. The molecule has 1 aromatic carbocycles. The Morgan fingerprint density at radius 1 is 1.20 bits per heavy atom. The summed E-state index contributed by atoms with van der Waals surface area (Å²) in [5.74, 6) is -1.67. The number of fused-ring (bicyclic) bond motifs is 1. The number of anilines is 1. The first-order valence-corrected chi connectivity index (χ1v) is 10.4. The Labute approximate surface area is 178 Å². The molecule has 2 amide bonds. The number of nitrogens with zero attached hydrogens (tertiary/aromatic N) is 1. The monoisotopic (exact) mass is 429 g/mol. The van der Waals surface area contributed by atoms with Crippen LogP contribution in [0.2, 0.25) is 0 Å². The molecule has 0 atom stereocenters. The minimum atomic E-state index is -0.935. The predicted molar refractivity (Wildman–Crippen MR) is 114 cm³/mol. The SMILES string of the molecule is CCOC(=O)c1c(NC(=O)C(=O)N/N=C/c2cccc(OC)c2)sc2c1CCCC2. The van der Waals surface area contributed by atoms with E-state index in [0.29, 0.717) is 21.9 Å². The van der Waals surface area contributed by atoms with E-state index in [0.717, 1.165) is 36.1 Å². The lowest BCUT2D eigenvalue weighted by Crippen LogP contribution is -2.32. The minimum Gasteiger partial charge on any atom is -0.497 e. The van der Waals surface area contributed by atoms with Gasteiger partial charge >= 0.3 is 17.8 Å². The lowest BCUT2D eigenvalue weighted by Gasteiger charge is -2.12. The normalized spacial score (nSPS) is 12.9. The molecule has 3 rings (SSSR count). The second-order valence-electron chi connectivity index (χ2n) is 6.57. The molecular weight excluding hydrogens is 406 g/mol. The molecule has 2 aromatic rings. The summed E-state index contributed by atoms with van der Waals surface area (Å²) < 4.78 is 10.3. The van der Waals surface area contributed by atoms with E-state index in [1.807, 2.05) is 0 Å². The van der Waals surface area contributed by atoms with E-state index < -0.39 is 17.8 Å². The predicted octanol–water partition coefficient (Wildman–Crippen LogP) is 2.90. The van der Waals surface area contributed by atoms with Crippen molar-refractivity contribution in [1.29, 1.82) is 0 Å². The molecule has 1 aromatic heterocycles. The summed E-state index contributed by atoms with van der Waals surface area (Å²) in [7, 11) is 1.55. The van der Waals surface area contributed by atoms with Gasteiger partial charge in [-0.15, -0.1) is 11.3 Å². The molecule has 1 heterocycles. The Morgan fingerprint density at radius 3 is 2.77 bits per heavy atom. The highest BCUT2D eigenvalue weighted by Crippen LogP contribution is 2.38. The van der Waals surface area contributed by atoms with Crippen LogP contribution in [0.4, 0.5) is 5.00 Å². The fourth-order valence-corrected chi connectivity index (χ4v) is 4.44. The van der Waals surface area contributed by atoms with Crippen LogP contribution >= 0.6 is 11.3 Å². The molecule has 9 heteroatoms. The van der Waals surface area contributed by atoms with E-state index in [9.17, 15) is 14.4 Å². The molecule has 0 spiro atoms. The Kier molecular flexibility index (Phi) is 7.18. The van der Waals surface area contributed by atoms with Crippen molar-refractivity contribution in [3.05, 3.63) is 45.8 Å². The topological polar surface area (TPSA) is 106 Å². The quantitative estimate of drug-likeness (QED) is 0.318. The van der Waals surface area contributed by atoms with Crippen molar-refractivity contribution in [1.82, 2.24) is 5.43 Å². The van der Waals surface area contributed by atoms with Gasteiger partial charge < -0.3 is 14.8 Å². The minimum absolute atomic E-state index is 0.232. The second-order valence-corrected chi connectivity index (χ2v) is 7.67. The molecule has 0 saturated carbocycles. The van der Waals surface area contributed by atoms with Crippen molar-refractivity contribution in [2.75, 3.05) is 19.0 Å². The summed E-state index contributed by atoms with van der Waals surface area (Å²) in [6, 6.07) is 7.08. The fraction of sp³-hybridized carbons (Fsp3) is 0.333. The van der Waals surface area contributed by atoms with Crippen molar-refractivity contribution in [3.63, 3.8) is 0 Å². The van der Waals surface area contributed by atoms with Crippen LogP contribution in [-0.4, -0.2) is 37.7 Å². The fourth-order valence-electron chi connectivity index (χ4n) is 3.17. The van der Waals surface area contributed by atoms with Crippen LogP contribution in [0, 0.1) is 0 Å². The Balaban J connectivity index is 1.69. The molecule has 0 saturated heterocycles. The molecule has 0 aliphatic heterocycles. The number of amides is 2. The van der Waals surface area contributed by atoms with E-state index >= 15 is 0 Å². The first-order valence-electron chi connectivity index (χ1n) is 9.63. The number of thiophene rings is 1. The lowest BCUT2D eigenvalue weighted by atomic mass is 9.95. The maximum Gasteiger partial charge on any atom is 0.341 e. The van der Waals surface area contributed by atoms with Gasteiger partial charge in [0.1, 0.15) is 10.8 Å². The zero-order chi connectivity index (χ0) is 21.5. The average molecular weight is 429 g/mol. The molecule has 0 fully saturated rings. The van der Waals surface area contributed by atoms with Crippen molar-refractivity contribution < 1.29 is 23.9 Å². The number of hydrogen-bond donors (Lipinski definition) is 2. The van der Waals surface area contributed by atoms with Gasteiger partial charge in [-0.3, -0.25) is 9.59 Å². The van der Waals surface area contributed by atoms with E-state index in [1.54, 1.807) is 38.3 Å². The summed E-state index contributed by atoms with van der Waals surface area (Å²) in [6.45, 7) is 1.96. The third kappa shape index (κ3) is 5.04. The van der Waals surface area contributed by atoms with Crippen LogP contribution < -0.4 is 15.5 Å². The number of hydrogen-bond acceptors (Lipinski definition) is 7. The third-order valence-corrected chi connectivity index (χ3v) is 5.76. The third-order valence-electron chi connectivity index (χ3n) is 4.56. The Hall–Kier alpha value is -3.20. The molecule has 30 heavy (non-hydrogen) atoms. The number of ether oxygens (including phenoxy) is 2. The Bertz CT molecular complexity index is 983. The second kappa shape index (κ2) is 10.0. The van der Waals surface area contributed by atoms with Gasteiger partial charge in [-0.1, -0.05) is 12.1 Å². The molecule has 158 valence electrons. The highest BCUT2D eigenvalue weighted by molar-refractivity contribution is 7.17. The van der Waals surface area contributed by atoms with Gasteiger partial charge in [0.15, 0.2) is 0 Å². The van der Waals surface area contributed by atoms with Gasteiger partial charge in [-0.25, -0.2) is 10.2 Å². The number of rotatable bonds is 6. The van der Waals surface area contributed by atoms with Gasteiger partial charge in [-0.2, -0.15) is 5.10 Å². The van der Waals surface area contributed by atoms with Crippen molar-refractivity contribution in [3.8, 4) is 5.75 Å². The first-order chi connectivity index (χ1) is 14.5. The summed E-state index contributed by atoms with van der Waals surface area (Å²) in [5.41, 5.74) is 4.16.